The molecule has 0 aromatic carbocycles. The third kappa shape index (κ3) is 5.32. The van der Waals surface area contributed by atoms with Gasteiger partial charge in [-0.05, 0) is 6.92 Å². The Hall–Kier alpha value is -0.600. The van der Waals surface area contributed by atoms with E-state index in [4.69, 9.17) is 23.7 Å². The lowest BCUT2D eigenvalue weighted by Crippen LogP contribution is -2.66. The minimum atomic E-state index is -1.86. The number of rotatable bonds is 6. The predicted molar refractivity (Wildman–Crippen MR) is 99.8 cm³/mol. The van der Waals surface area contributed by atoms with Gasteiger partial charge in [0.05, 0.1) is 19.3 Å². The third-order valence-corrected chi connectivity index (χ3v) is 6.05. The summed E-state index contributed by atoms with van der Waals surface area (Å²) in [5.74, 6) is 0. The molecule has 10 N–H and O–H groups in total. The molecule has 3 fully saturated rings. The molecule has 3 saturated heterocycles. The Kier molecular flexibility index (Phi) is 8.99. The van der Waals surface area contributed by atoms with E-state index < -0.39 is 105 Å². The Morgan fingerprint density at radius 1 is 0.545 bits per heavy atom. The number of aliphatic hydroxyl groups excluding tert-OH is 10. The molecule has 15 atom stereocenters. The highest BCUT2D eigenvalue weighted by molar-refractivity contribution is 4.95. The lowest BCUT2D eigenvalue weighted by atomic mass is 9.96. The maximum Gasteiger partial charge on any atom is 0.187 e. The first-order chi connectivity index (χ1) is 15.5. The highest BCUT2D eigenvalue weighted by atomic mass is 16.7. The molecule has 3 aliphatic rings. The molecule has 1 unspecified atom stereocenters. The van der Waals surface area contributed by atoms with E-state index in [-0.39, 0.29) is 0 Å². The summed E-state index contributed by atoms with van der Waals surface area (Å²) in [5.41, 5.74) is 0. The lowest BCUT2D eigenvalue weighted by molar-refractivity contribution is -0.376. The topological polar surface area (TPSA) is 248 Å². The molecule has 0 bridgehead atoms. The first-order valence-corrected chi connectivity index (χ1v) is 10.4. The van der Waals surface area contributed by atoms with Gasteiger partial charge in [0.1, 0.15) is 67.1 Å². The quantitative estimate of drug-likeness (QED) is 0.167. The Labute approximate surface area is 187 Å². The molecular weight excluding hydrogens is 456 g/mol. The van der Waals surface area contributed by atoms with Crippen molar-refractivity contribution in [1.29, 1.82) is 0 Å². The molecule has 0 aromatic rings. The van der Waals surface area contributed by atoms with Crippen LogP contribution in [0, 0.1) is 0 Å². The molecule has 0 aliphatic carbocycles. The SMILES string of the molecule is C[C@H]1O[C@H](O[C@H]2[C@H](O)[C@@H](O)[C@@H](O[C@H]3[C@H](O)[C@@H](O)C(O)O[C@@H]3CO)O[C@@H]2CO)[C@H](O)[C@@H](O)[C@@H]1O. The normalized spacial score (nSPS) is 53.7. The van der Waals surface area contributed by atoms with E-state index in [1.807, 2.05) is 0 Å². The summed E-state index contributed by atoms with van der Waals surface area (Å²) >= 11 is 0. The van der Waals surface area contributed by atoms with Crippen molar-refractivity contribution in [3.8, 4) is 0 Å². The number of ether oxygens (including phenoxy) is 5. The van der Waals surface area contributed by atoms with Gasteiger partial charge in [-0.3, -0.25) is 0 Å². The van der Waals surface area contributed by atoms with Gasteiger partial charge in [0, 0.05) is 0 Å². The van der Waals surface area contributed by atoms with Crippen molar-refractivity contribution in [2.75, 3.05) is 13.2 Å². The molecular formula is C18H32O15. The Morgan fingerprint density at radius 2 is 1.00 bits per heavy atom. The van der Waals surface area contributed by atoms with Gasteiger partial charge in [0.2, 0.25) is 0 Å². The fraction of sp³-hybridized carbons (Fsp3) is 1.00. The van der Waals surface area contributed by atoms with Gasteiger partial charge >= 0.3 is 0 Å². The van der Waals surface area contributed by atoms with E-state index in [2.05, 4.69) is 0 Å². The summed E-state index contributed by atoms with van der Waals surface area (Å²) < 4.78 is 26.6. The van der Waals surface area contributed by atoms with Crippen molar-refractivity contribution in [2.45, 2.75) is 99.0 Å². The summed E-state index contributed by atoms with van der Waals surface area (Å²) in [6.45, 7) is -0.103. The van der Waals surface area contributed by atoms with Crippen LogP contribution in [0.2, 0.25) is 0 Å². The van der Waals surface area contributed by atoms with Gasteiger partial charge in [-0.2, -0.15) is 0 Å². The monoisotopic (exact) mass is 488 g/mol. The van der Waals surface area contributed by atoms with Crippen LogP contribution in [-0.2, 0) is 23.7 Å². The molecule has 15 heteroatoms. The van der Waals surface area contributed by atoms with Gasteiger partial charge in [-0.1, -0.05) is 0 Å². The van der Waals surface area contributed by atoms with E-state index >= 15 is 0 Å². The van der Waals surface area contributed by atoms with E-state index in [1.165, 1.54) is 6.92 Å². The van der Waals surface area contributed by atoms with E-state index in [9.17, 15) is 51.1 Å². The molecule has 15 nitrogen and oxygen atoms in total. The summed E-state index contributed by atoms with van der Waals surface area (Å²) in [7, 11) is 0. The smallest absolute Gasteiger partial charge is 0.187 e. The highest BCUT2D eigenvalue weighted by Gasteiger charge is 2.52. The van der Waals surface area contributed by atoms with Crippen molar-refractivity contribution in [3.05, 3.63) is 0 Å². The maximum atomic E-state index is 10.6. The van der Waals surface area contributed by atoms with Crippen molar-refractivity contribution >= 4 is 0 Å². The predicted octanol–water partition coefficient (Wildman–Crippen LogP) is -6.55. The zero-order valence-electron chi connectivity index (χ0n) is 17.6. The molecule has 3 rings (SSSR count). The van der Waals surface area contributed by atoms with Crippen molar-refractivity contribution in [2.24, 2.45) is 0 Å². The van der Waals surface area contributed by atoms with E-state index in [0.717, 1.165) is 0 Å². The second-order valence-corrected chi connectivity index (χ2v) is 8.32. The largest absolute Gasteiger partial charge is 0.394 e. The van der Waals surface area contributed by atoms with Crippen LogP contribution in [0.15, 0.2) is 0 Å². The summed E-state index contributed by atoms with van der Waals surface area (Å²) in [4.78, 5) is 0. The highest BCUT2D eigenvalue weighted by Crippen LogP contribution is 2.32. The van der Waals surface area contributed by atoms with Crippen LogP contribution in [0.3, 0.4) is 0 Å². The molecule has 3 heterocycles. The Balaban J connectivity index is 1.71. The minimum absolute atomic E-state index is 0.741. The number of aliphatic hydroxyl groups is 10. The second-order valence-electron chi connectivity index (χ2n) is 8.32. The fourth-order valence-corrected chi connectivity index (χ4v) is 4.00. The van der Waals surface area contributed by atoms with Crippen LogP contribution in [-0.4, -0.2) is 156 Å². The second kappa shape index (κ2) is 11.0. The molecule has 0 aromatic heterocycles. The van der Waals surface area contributed by atoms with Gasteiger partial charge in [0.25, 0.3) is 0 Å². The Morgan fingerprint density at radius 3 is 1.55 bits per heavy atom. The molecule has 0 amide bonds. The molecule has 0 spiro atoms. The Bertz CT molecular complexity index is 622. The van der Waals surface area contributed by atoms with Gasteiger partial charge in [-0.15, -0.1) is 0 Å². The molecule has 194 valence electrons. The first kappa shape index (κ1) is 27.0. The van der Waals surface area contributed by atoms with Crippen LogP contribution in [0.1, 0.15) is 6.92 Å². The summed E-state index contributed by atoms with van der Waals surface area (Å²) in [6, 6.07) is 0. The van der Waals surface area contributed by atoms with Crippen molar-refractivity contribution in [1.82, 2.24) is 0 Å². The minimum Gasteiger partial charge on any atom is -0.394 e. The summed E-state index contributed by atoms with van der Waals surface area (Å²) in [6.07, 6.45) is -23.7. The number of hydrogen-bond donors (Lipinski definition) is 10. The average molecular weight is 488 g/mol. The van der Waals surface area contributed by atoms with Gasteiger partial charge in [-0.25, -0.2) is 0 Å². The standard InChI is InChI=1S/C18H32O15/c1-4-7(21)8(22)12(26)17(29-4)32-15-6(3-20)31-18(13(27)10(15)24)33-14-5(2-19)30-16(28)11(25)9(14)23/h4-28H,2-3H2,1H3/t4-,5-,6-,7-,8+,9-,10-,11-,12-,13-,14-,15-,16?,17-,18-/m1/s1. The van der Waals surface area contributed by atoms with Crippen LogP contribution in [0.25, 0.3) is 0 Å². The van der Waals surface area contributed by atoms with Crippen LogP contribution in [0.4, 0.5) is 0 Å². The van der Waals surface area contributed by atoms with Crippen LogP contribution < -0.4 is 0 Å². The van der Waals surface area contributed by atoms with Crippen LogP contribution >= 0.6 is 0 Å². The molecule has 0 saturated carbocycles. The summed E-state index contributed by atoms with van der Waals surface area (Å²) in [5, 5.41) is 99.7. The van der Waals surface area contributed by atoms with Gasteiger partial charge < -0.3 is 74.7 Å². The van der Waals surface area contributed by atoms with Gasteiger partial charge in [0.15, 0.2) is 18.9 Å². The maximum absolute atomic E-state index is 10.6. The van der Waals surface area contributed by atoms with E-state index in [1.54, 1.807) is 0 Å². The van der Waals surface area contributed by atoms with E-state index in [0.29, 0.717) is 0 Å². The fourth-order valence-electron chi connectivity index (χ4n) is 4.00. The third-order valence-electron chi connectivity index (χ3n) is 6.05. The van der Waals surface area contributed by atoms with Crippen molar-refractivity contribution < 1.29 is 74.7 Å². The molecule has 3 aliphatic heterocycles. The lowest BCUT2D eigenvalue weighted by Gasteiger charge is -2.47. The van der Waals surface area contributed by atoms with Crippen LogP contribution in [0.5, 0.6) is 0 Å². The molecule has 0 radical (unpaired) electrons. The first-order valence-electron chi connectivity index (χ1n) is 10.4. The average Bonchev–Trinajstić information content (AvgIpc) is 2.80. The number of hydrogen-bond acceptors (Lipinski definition) is 15. The zero-order valence-corrected chi connectivity index (χ0v) is 17.6. The zero-order chi connectivity index (χ0) is 24.6. The molecule has 33 heavy (non-hydrogen) atoms. The van der Waals surface area contributed by atoms with Crippen molar-refractivity contribution in [3.63, 3.8) is 0 Å².